The molecule has 0 aromatic heterocycles. The average molecular weight is 270 g/mol. The van der Waals surface area contributed by atoms with Gasteiger partial charge in [-0.05, 0) is 28.8 Å². The van der Waals surface area contributed by atoms with E-state index in [2.05, 4.69) is 54.8 Å². The summed E-state index contributed by atoms with van der Waals surface area (Å²) in [6, 6.07) is 15.4. The highest BCUT2D eigenvalue weighted by atomic mass is 15.2. The smallest absolute Gasteiger partial charge is 0.0460 e. The lowest BCUT2D eigenvalue weighted by atomic mass is 9.98. The number of rotatable bonds is 8. The lowest BCUT2D eigenvalue weighted by molar-refractivity contribution is 0.479. The minimum atomic E-state index is 0.265. The first-order valence-corrected chi connectivity index (χ1v) is 7.80. The van der Waals surface area contributed by atoms with Gasteiger partial charge >= 0.3 is 0 Å². The molecule has 20 heavy (non-hydrogen) atoms. The average Bonchev–Trinajstić information content (AvgIpc) is 2.50. The number of nitrogens with two attached hydrogens (primary N) is 1. The molecule has 3 N–H and O–H groups in total. The molecule has 0 radical (unpaired) electrons. The van der Waals surface area contributed by atoms with Gasteiger partial charge in [-0.1, -0.05) is 75.4 Å². The molecule has 0 aliphatic rings. The van der Waals surface area contributed by atoms with Crippen LogP contribution < -0.4 is 11.3 Å². The Morgan fingerprint density at radius 3 is 2.45 bits per heavy atom. The van der Waals surface area contributed by atoms with Crippen molar-refractivity contribution < 1.29 is 0 Å². The van der Waals surface area contributed by atoms with Crippen molar-refractivity contribution in [3.63, 3.8) is 0 Å². The molecule has 0 saturated heterocycles. The molecule has 0 bridgehead atoms. The summed E-state index contributed by atoms with van der Waals surface area (Å²) in [5, 5.41) is 2.58. The first-order chi connectivity index (χ1) is 9.85. The number of unbranched alkanes of at least 4 members (excludes halogenated alkanes) is 4. The Bertz CT molecular complexity index is 522. The normalized spacial score (nSPS) is 12.7. The molecule has 0 heterocycles. The molecule has 0 amide bonds. The molecular weight excluding hydrogens is 244 g/mol. The van der Waals surface area contributed by atoms with Gasteiger partial charge in [0.05, 0.1) is 0 Å². The molecular formula is C18H26N2. The van der Waals surface area contributed by atoms with Crippen LogP contribution in [0.5, 0.6) is 0 Å². The maximum absolute atomic E-state index is 5.74. The third-order valence-corrected chi connectivity index (χ3v) is 3.97. The van der Waals surface area contributed by atoms with Crippen molar-refractivity contribution in [3.05, 3.63) is 48.0 Å². The second kappa shape index (κ2) is 8.03. The number of benzene rings is 2. The highest BCUT2D eigenvalue weighted by Crippen LogP contribution is 2.23. The van der Waals surface area contributed by atoms with Crippen molar-refractivity contribution in [2.24, 2.45) is 5.84 Å². The first-order valence-electron chi connectivity index (χ1n) is 7.80. The third kappa shape index (κ3) is 4.06. The standard InChI is InChI=1S/C18H26N2/c1-2-3-4-5-6-11-18(20-19)17-13-12-15-9-7-8-10-16(15)14-17/h7-10,12-14,18,20H,2-6,11,19H2,1H3. The molecule has 0 saturated carbocycles. The summed E-state index contributed by atoms with van der Waals surface area (Å²) < 4.78 is 0. The molecule has 2 aromatic rings. The summed E-state index contributed by atoms with van der Waals surface area (Å²) in [5.41, 5.74) is 4.27. The molecule has 108 valence electrons. The summed E-state index contributed by atoms with van der Waals surface area (Å²) in [5.74, 6) is 5.74. The molecule has 1 atom stereocenters. The van der Waals surface area contributed by atoms with E-state index >= 15 is 0 Å². The summed E-state index contributed by atoms with van der Waals surface area (Å²) in [6.45, 7) is 2.25. The van der Waals surface area contributed by atoms with Crippen LogP contribution in [0.3, 0.4) is 0 Å². The Labute approximate surface area is 122 Å². The fourth-order valence-corrected chi connectivity index (χ4v) is 2.72. The summed E-state index contributed by atoms with van der Waals surface area (Å²) >= 11 is 0. The minimum absolute atomic E-state index is 0.265. The lowest BCUT2D eigenvalue weighted by Gasteiger charge is -2.17. The van der Waals surface area contributed by atoms with E-state index in [1.165, 1.54) is 48.4 Å². The van der Waals surface area contributed by atoms with Gasteiger partial charge in [0.15, 0.2) is 0 Å². The lowest BCUT2D eigenvalue weighted by Crippen LogP contribution is -2.27. The highest BCUT2D eigenvalue weighted by molar-refractivity contribution is 5.83. The second-order valence-corrected chi connectivity index (χ2v) is 5.53. The van der Waals surface area contributed by atoms with Crippen LogP contribution in [0.2, 0.25) is 0 Å². The maximum atomic E-state index is 5.74. The second-order valence-electron chi connectivity index (χ2n) is 5.53. The van der Waals surface area contributed by atoms with Gasteiger partial charge in [0.2, 0.25) is 0 Å². The van der Waals surface area contributed by atoms with Crippen LogP contribution in [0, 0.1) is 0 Å². The number of hydrogen-bond acceptors (Lipinski definition) is 2. The van der Waals surface area contributed by atoms with Crippen molar-refractivity contribution in [2.45, 2.75) is 51.5 Å². The SMILES string of the molecule is CCCCCCCC(NN)c1ccc2ccccc2c1. The van der Waals surface area contributed by atoms with Crippen LogP contribution in [0.4, 0.5) is 0 Å². The fraction of sp³-hybridized carbons (Fsp3) is 0.444. The molecule has 2 heteroatoms. The summed E-state index contributed by atoms with van der Waals surface area (Å²) in [6.07, 6.45) is 7.63. The van der Waals surface area contributed by atoms with E-state index in [-0.39, 0.29) is 6.04 Å². The first kappa shape index (κ1) is 15.0. The number of nitrogens with one attached hydrogen (secondary N) is 1. The largest absolute Gasteiger partial charge is 0.271 e. The molecule has 0 fully saturated rings. The van der Waals surface area contributed by atoms with E-state index in [0.29, 0.717) is 0 Å². The van der Waals surface area contributed by atoms with Crippen LogP contribution in [0.15, 0.2) is 42.5 Å². The van der Waals surface area contributed by atoms with Crippen LogP contribution in [-0.2, 0) is 0 Å². The van der Waals surface area contributed by atoms with E-state index < -0.39 is 0 Å². The molecule has 2 aromatic carbocycles. The number of fused-ring (bicyclic) bond motifs is 1. The Kier molecular flexibility index (Phi) is 6.03. The zero-order valence-corrected chi connectivity index (χ0v) is 12.4. The highest BCUT2D eigenvalue weighted by Gasteiger charge is 2.09. The van der Waals surface area contributed by atoms with Gasteiger partial charge in [-0.2, -0.15) is 0 Å². The molecule has 0 aliphatic carbocycles. The van der Waals surface area contributed by atoms with Crippen molar-refractivity contribution in [3.8, 4) is 0 Å². The molecule has 2 nitrogen and oxygen atoms in total. The van der Waals surface area contributed by atoms with Crippen LogP contribution in [0.1, 0.15) is 57.1 Å². The van der Waals surface area contributed by atoms with E-state index in [0.717, 1.165) is 6.42 Å². The zero-order valence-electron chi connectivity index (χ0n) is 12.4. The van der Waals surface area contributed by atoms with Crippen LogP contribution in [-0.4, -0.2) is 0 Å². The van der Waals surface area contributed by atoms with Crippen molar-refractivity contribution in [1.82, 2.24) is 5.43 Å². The topological polar surface area (TPSA) is 38.0 Å². The molecule has 0 spiro atoms. The van der Waals surface area contributed by atoms with Gasteiger partial charge in [-0.3, -0.25) is 11.3 Å². The Hall–Kier alpha value is -1.38. The van der Waals surface area contributed by atoms with Gasteiger partial charge in [-0.15, -0.1) is 0 Å². The minimum Gasteiger partial charge on any atom is -0.271 e. The van der Waals surface area contributed by atoms with Gasteiger partial charge in [-0.25, -0.2) is 0 Å². The van der Waals surface area contributed by atoms with Gasteiger partial charge in [0.25, 0.3) is 0 Å². The van der Waals surface area contributed by atoms with Gasteiger partial charge in [0.1, 0.15) is 0 Å². The van der Waals surface area contributed by atoms with Crippen LogP contribution >= 0.6 is 0 Å². The van der Waals surface area contributed by atoms with Crippen molar-refractivity contribution in [1.29, 1.82) is 0 Å². The van der Waals surface area contributed by atoms with Crippen molar-refractivity contribution in [2.75, 3.05) is 0 Å². The third-order valence-electron chi connectivity index (χ3n) is 3.97. The molecule has 0 aliphatic heterocycles. The van der Waals surface area contributed by atoms with E-state index in [1.54, 1.807) is 0 Å². The quantitative estimate of drug-likeness (QED) is 0.414. The predicted molar refractivity (Wildman–Crippen MR) is 87.4 cm³/mol. The van der Waals surface area contributed by atoms with Gasteiger partial charge in [0, 0.05) is 6.04 Å². The van der Waals surface area contributed by atoms with Gasteiger partial charge < -0.3 is 0 Å². The summed E-state index contributed by atoms with van der Waals surface area (Å²) in [7, 11) is 0. The Balaban J connectivity index is 1.98. The monoisotopic (exact) mass is 270 g/mol. The zero-order chi connectivity index (χ0) is 14.2. The number of hydrazine groups is 1. The predicted octanol–water partition coefficient (Wildman–Crippen LogP) is 4.70. The van der Waals surface area contributed by atoms with E-state index in [4.69, 9.17) is 5.84 Å². The number of hydrogen-bond donors (Lipinski definition) is 2. The molecule has 2 rings (SSSR count). The summed E-state index contributed by atoms with van der Waals surface area (Å²) in [4.78, 5) is 0. The van der Waals surface area contributed by atoms with Crippen LogP contribution in [0.25, 0.3) is 10.8 Å². The maximum Gasteiger partial charge on any atom is 0.0460 e. The van der Waals surface area contributed by atoms with E-state index in [9.17, 15) is 0 Å². The Morgan fingerprint density at radius 2 is 1.70 bits per heavy atom. The molecule has 1 unspecified atom stereocenters. The fourth-order valence-electron chi connectivity index (χ4n) is 2.72. The van der Waals surface area contributed by atoms with E-state index in [1.807, 2.05) is 0 Å². The Morgan fingerprint density at radius 1 is 0.950 bits per heavy atom. The van der Waals surface area contributed by atoms with Crippen molar-refractivity contribution >= 4 is 10.8 Å².